The van der Waals surface area contributed by atoms with E-state index in [9.17, 15) is 0 Å². The first kappa shape index (κ1) is 9.97. The lowest BCUT2D eigenvalue weighted by atomic mass is 10.1. The Hall–Kier alpha value is -0.560. The van der Waals surface area contributed by atoms with E-state index in [2.05, 4.69) is 8.75 Å². The monoisotopic (exact) mass is 215 g/mol. The third-order valence-electron chi connectivity index (χ3n) is 2.06. The summed E-state index contributed by atoms with van der Waals surface area (Å²) in [6.45, 7) is 1.35. The zero-order valence-corrected chi connectivity index (χ0v) is 8.57. The van der Waals surface area contributed by atoms with Crippen LogP contribution >= 0.6 is 11.7 Å². The molecule has 2 heterocycles. The minimum Gasteiger partial charge on any atom is -0.350 e. The first-order chi connectivity index (χ1) is 6.84. The molecule has 0 aromatic carbocycles. The van der Waals surface area contributed by atoms with Crippen molar-refractivity contribution in [3.8, 4) is 0 Å². The average molecular weight is 215 g/mol. The highest BCUT2D eigenvalue weighted by molar-refractivity contribution is 6.99. The largest absolute Gasteiger partial charge is 0.350 e. The molecule has 2 rings (SSSR count). The van der Waals surface area contributed by atoms with Gasteiger partial charge in [0.1, 0.15) is 0 Å². The van der Waals surface area contributed by atoms with Crippen LogP contribution < -0.4 is 5.73 Å². The number of aromatic nitrogens is 2. The van der Waals surface area contributed by atoms with Crippen LogP contribution in [-0.2, 0) is 15.9 Å². The molecule has 1 aliphatic rings. The van der Waals surface area contributed by atoms with Crippen LogP contribution in [-0.4, -0.2) is 34.3 Å². The highest BCUT2D eigenvalue weighted by Crippen LogP contribution is 2.11. The summed E-state index contributed by atoms with van der Waals surface area (Å²) in [5, 5.41) is 0. The fourth-order valence-corrected chi connectivity index (χ4v) is 1.86. The van der Waals surface area contributed by atoms with Gasteiger partial charge in [-0.05, 0) is 0 Å². The molecule has 1 aromatic heterocycles. The molecule has 6 heteroatoms. The molecular weight excluding hydrogens is 202 g/mol. The van der Waals surface area contributed by atoms with E-state index in [1.54, 1.807) is 6.20 Å². The average Bonchev–Trinajstić information content (AvgIpc) is 2.76. The van der Waals surface area contributed by atoms with Crippen LogP contribution in [0.25, 0.3) is 0 Å². The summed E-state index contributed by atoms with van der Waals surface area (Å²) in [5.41, 5.74) is 6.87. The van der Waals surface area contributed by atoms with Gasteiger partial charge >= 0.3 is 0 Å². The number of ether oxygens (including phenoxy) is 2. The molecule has 0 bridgehead atoms. The van der Waals surface area contributed by atoms with Crippen molar-refractivity contribution in [1.82, 2.24) is 8.75 Å². The lowest BCUT2D eigenvalue weighted by Crippen LogP contribution is -2.28. The zero-order chi connectivity index (χ0) is 9.80. The van der Waals surface area contributed by atoms with Crippen molar-refractivity contribution in [3.05, 3.63) is 11.9 Å². The fraction of sp³-hybridized carbons (Fsp3) is 0.750. The predicted octanol–water partition coefficient (Wildman–Crippen LogP) is 0.171. The van der Waals surface area contributed by atoms with E-state index >= 15 is 0 Å². The Balaban J connectivity index is 1.75. The lowest BCUT2D eigenvalue weighted by Gasteiger charge is -2.14. The van der Waals surface area contributed by atoms with E-state index in [1.807, 2.05) is 0 Å². The Morgan fingerprint density at radius 2 is 2.36 bits per heavy atom. The normalized spacial score (nSPS) is 20.1. The Morgan fingerprint density at radius 3 is 3.00 bits per heavy atom. The van der Waals surface area contributed by atoms with E-state index in [4.69, 9.17) is 15.2 Å². The summed E-state index contributed by atoms with van der Waals surface area (Å²) < 4.78 is 18.6. The Labute approximate surface area is 86.5 Å². The number of nitrogens with two attached hydrogens (primary N) is 1. The number of nitrogens with zero attached hydrogens (tertiary/aromatic N) is 2. The minimum absolute atomic E-state index is 0.0296. The Bertz CT molecular complexity index is 262. The highest BCUT2D eigenvalue weighted by Gasteiger charge is 2.19. The maximum atomic E-state index is 5.92. The van der Waals surface area contributed by atoms with Crippen LogP contribution in [0.5, 0.6) is 0 Å². The topological polar surface area (TPSA) is 70.3 Å². The maximum Gasteiger partial charge on any atom is 0.159 e. The van der Waals surface area contributed by atoms with Crippen molar-refractivity contribution in [1.29, 1.82) is 0 Å². The van der Waals surface area contributed by atoms with Gasteiger partial charge in [0, 0.05) is 18.9 Å². The van der Waals surface area contributed by atoms with E-state index in [0.29, 0.717) is 13.2 Å². The van der Waals surface area contributed by atoms with E-state index in [-0.39, 0.29) is 12.3 Å². The van der Waals surface area contributed by atoms with Gasteiger partial charge < -0.3 is 15.2 Å². The second-order valence-electron chi connectivity index (χ2n) is 3.27. The van der Waals surface area contributed by atoms with Crippen LogP contribution in [0.2, 0.25) is 0 Å². The van der Waals surface area contributed by atoms with E-state index < -0.39 is 0 Å². The van der Waals surface area contributed by atoms with Crippen molar-refractivity contribution >= 4 is 11.7 Å². The standard InChI is InChI=1S/C8H13N3O2S/c9-6(3-7-5-10-14-11-7)4-8-12-1-2-13-8/h5-6,8H,1-4,9H2. The molecule has 0 amide bonds. The zero-order valence-electron chi connectivity index (χ0n) is 7.76. The van der Waals surface area contributed by atoms with Gasteiger partial charge in [0.25, 0.3) is 0 Å². The van der Waals surface area contributed by atoms with Gasteiger partial charge in [-0.1, -0.05) is 0 Å². The first-order valence-electron chi connectivity index (χ1n) is 4.60. The maximum absolute atomic E-state index is 5.92. The summed E-state index contributed by atoms with van der Waals surface area (Å²) in [7, 11) is 0. The number of hydrogen-bond donors (Lipinski definition) is 1. The summed E-state index contributed by atoms with van der Waals surface area (Å²) >= 11 is 1.21. The predicted molar refractivity (Wildman–Crippen MR) is 51.9 cm³/mol. The molecule has 0 saturated carbocycles. The molecule has 1 aromatic rings. The molecule has 1 unspecified atom stereocenters. The molecule has 0 radical (unpaired) electrons. The van der Waals surface area contributed by atoms with Gasteiger partial charge in [0.05, 0.1) is 36.8 Å². The molecule has 78 valence electrons. The molecule has 0 aliphatic carbocycles. The third-order valence-corrected chi connectivity index (χ3v) is 2.58. The third kappa shape index (κ3) is 2.71. The van der Waals surface area contributed by atoms with Crippen molar-refractivity contribution < 1.29 is 9.47 Å². The van der Waals surface area contributed by atoms with Gasteiger partial charge in [0.2, 0.25) is 0 Å². The number of hydrogen-bond acceptors (Lipinski definition) is 6. The molecule has 14 heavy (non-hydrogen) atoms. The van der Waals surface area contributed by atoms with Crippen LogP contribution in [0.3, 0.4) is 0 Å². The SMILES string of the molecule is NC(Cc1cnsn1)CC1OCCO1. The van der Waals surface area contributed by atoms with Crippen LogP contribution in [0, 0.1) is 0 Å². The van der Waals surface area contributed by atoms with E-state index in [0.717, 1.165) is 18.5 Å². The minimum atomic E-state index is -0.128. The smallest absolute Gasteiger partial charge is 0.159 e. The lowest BCUT2D eigenvalue weighted by molar-refractivity contribution is -0.0504. The molecule has 1 fully saturated rings. The first-order valence-corrected chi connectivity index (χ1v) is 5.33. The molecule has 1 saturated heterocycles. The second kappa shape index (κ2) is 4.79. The van der Waals surface area contributed by atoms with Gasteiger partial charge in [0.15, 0.2) is 6.29 Å². The highest BCUT2D eigenvalue weighted by atomic mass is 32.1. The molecule has 5 nitrogen and oxygen atoms in total. The molecule has 2 N–H and O–H groups in total. The van der Waals surface area contributed by atoms with Crippen molar-refractivity contribution in [2.24, 2.45) is 5.73 Å². The van der Waals surface area contributed by atoms with Gasteiger partial charge in [-0.15, -0.1) is 0 Å². The molecule has 0 spiro atoms. The van der Waals surface area contributed by atoms with E-state index in [1.165, 1.54) is 11.7 Å². The van der Waals surface area contributed by atoms with Gasteiger partial charge in [-0.2, -0.15) is 8.75 Å². The van der Waals surface area contributed by atoms with Crippen molar-refractivity contribution in [2.75, 3.05) is 13.2 Å². The molecule has 1 atom stereocenters. The molecule has 1 aliphatic heterocycles. The molecular formula is C8H13N3O2S. The van der Waals surface area contributed by atoms with Gasteiger partial charge in [-0.3, -0.25) is 0 Å². The van der Waals surface area contributed by atoms with Crippen LogP contribution in [0.1, 0.15) is 12.1 Å². The summed E-state index contributed by atoms with van der Waals surface area (Å²) in [4.78, 5) is 0. The second-order valence-corrected chi connectivity index (χ2v) is 3.83. The Kier molecular flexibility index (Phi) is 3.41. The fourth-order valence-electron chi connectivity index (χ4n) is 1.42. The van der Waals surface area contributed by atoms with Gasteiger partial charge in [-0.25, -0.2) is 0 Å². The van der Waals surface area contributed by atoms with Crippen LogP contribution in [0.15, 0.2) is 6.20 Å². The summed E-state index contributed by atoms with van der Waals surface area (Å²) in [5.74, 6) is 0. The summed E-state index contributed by atoms with van der Waals surface area (Å²) in [6.07, 6.45) is 3.08. The van der Waals surface area contributed by atoms with Crippen LogP contribution in [0.4, 0.5) is 0 Å². The number of rotatable bonds is 4. The van der Waals surface area contributed by atoms with Crippen molar-refractivity contribution in [2.45, 2.75) is 25.2 Å². The summed E-state index contributed by atoms with van der Waals surface area (Å²) in [6, 6.07) is 0.0296. The Morgan fingerprint density at radius 1 is 1.57 bits per heavy atom. The quantitative estimate of drug-likeness (QED) is 0.775. The van der Waals surface area contributed by atoms with Crippen molar-refractivity contribution in [3.63, 3.8) is 0 Å².